The number of hydrogen-bond donors (Lipinski definition) is 1. The minimum Gasteiger partial charge on any atom is -0.494 e. The summed E-state index contributed by atoms with van der Waals surface area (Å²) in [4.78, 5) is 15.9. The number of benzene rings is 1. The zero-order valence-corrected chi connectivity index (χ0v) is 11.7. The fourth-order valence-electron chi connectivity index (χ4n) is 1.72. The zero-order valence-electron chi connectivity index (χ0n) is 10.9. The van der Waals surface area contributed by atoms with E-state index in [9.17, 15) is 4.79 Å². The summed E-state index contributed by atoms with van der Waals surface area (Å²) in [5, 5.41) is 4.65. The van der Waals surface area contributed by atoms with E-state index < -0.39 is 0 Å². The van der Waals surface area contributed by atoms with E-state index in [4.69, 9.17) is 4.74 Å². The molecule has 2 aromatic rings. The Balaban J connectivity index is 2.05. The van der Waals surface area contributed by atoms with Gasteiger partial charge in [0.25, 0.3) is 5.91 Å². The normalized spacial score (nSPS) is 11.9. The summed E-state index contributed by atoms with van der Waals surface area (Å²) in [6.45, 7) is 4.51. The van der Waals surface area contributed by atoms with E-state index in [-0.39, 0.29) is 11.9 Å². The molecule has 19 heavy (non-hydrogen) atoms. The molecule has 1 aromatic carbocycles. The molecule has 0 aliphatic rings. The molecule has 0 saturated heterocycles. The summed E-state index contributed by atoms with van der Waals surface area (Å²) in [5.41, 5.74) is 3.11. The van der Waals surface area contributed by atoms with Gasteiger partial charge < -0.3 is 10.1 Å². The van der Waals surface area contributed by atoms with Crippen LogP contribution >= 0.6 is 11.3 Å². The number of ether oxygens (including phenoxy) is 1. The van der Waals surface area contributed by atoms with Crippen molar-refractivity contribution in [2.24, 2.45) is 0 Å². The van der Waals surface area contributed by atoms with Crippen molar-refractivity contribution in [2.75, 3.05) is 6.61 Å². The van der Waals surface area contributed by atoms with E-state index in [0.717, 1.165) is 11.3 Å². The van der Waals surface area contributed by atoms with Crippen LogP contribution in [0.5, 0.6) is 5.75 Å². The Bertz CT molecular complexity index is 540. The second-order valence-corrected chi connectivity index (χ2v) is 4.79. The maximum atomic E-state index is 11.9. The van der Waals surface area contributed by atoms with E-state index in [1.165, 1.54) is 11.3 Å². The van der Waals surface area contributed by atoms with Crippen molar-refractivity contribution in [1.82, 2.24) is 10.3 Å². The van der Waals surface area contributed by atoms with Crippen LogP contribution in [-0.2, 0) is 0 Å². The first-order valence-electron chi connectivity index (χ1n) is 6.12. The highest BCUT2D eigenvalue weighted by atomic mass is 32.1. The third kappa shape index (κ3) is 3.54. The minimum atomic E-state index is -0.157. The molecule has 0 spiro atoms. The molecule has 2 rings (SSSR count). The molecule has 1 amide bonds. The summed E-state index contributed by atoms with van der Waals surface area (Å²) < 4.78 is 5.45. The number of rotatable bonds is 5. The summed E-state index contributed by atoms with van der Waals surface area (Å²) in [6, 6.07) is 7.65. The van der Waals surface area contributed by atoms with Gasteiger partial charge in [-0.3, -0.25) is 4.79 Å². The van der Waals surface area contributed by atoms with Crippen molar-refractivity contribution >= 4 is 17.2 Å². The van der Waals surface area contributed by atoms with Crippen LogP contribution in [0.3, 0.4) is 0 Å². The number of carbonyl (C=O) groups is 1. The number of carbonyl (C=O) groups excluding carboxylic acids is 1. The maximum absolute atomic E-state index is 11.9. The molecule has 1 atom stereocenters. The quantitative estimate of drug-likeness (QED) is 0.913. The minimum absolute atomic E-state index is 0.0883. The molecule has 0 unspecified atom stereocenters. The molecular weight excluding hydrogens is 260 g/mol. The standard InChI is InChI=1S/C14H16N2O2S/c1-3-18-12-6-4-5-11(7-12)10(2)16-14(17)13-8-19-9-15-13/h4-10H,3H2,1-2H3,(H,16,17)/t10-/m1/s1. The highest BCUT2D eigenvalue weighted by molar-refractivity contribution is 7.07. The third-order valence-electron chi connectivity index (χ3n) is 2.68. The molecule has 100 valence electrons. The van der Waals surface area contributed by atoms with Crippen molar-refractivity contribution in [2.45, 2.75) is 19.9 Å². The van der Waals surface area contributed by atoms with E-state index in [1.807, 2.05) is 38.1 Å². The summed E-state index contributed by atoms with van der Waals surface area (Å²) in [7, 11) is 0. The number of aromatic nitrogens is 1. The zero-order chi connectivity index (χ0) is 13.7. The molecule has 4 nitrogen and oxygen atoms in total. The fraction of sp³-hybridized carbons (Fsp3) is 0.286. The third-order valence-corrected chi connectivity index (χ3v) is 3.27. The molecule has 5 heteroatoms. The largest absolute Gasteiger partial charge is 0.494 e. The van der Waals surface area contributed by atoms with E-state index in [1.54, 1.807) is 10.9 Å². The van der Waals surface area contributed by atoms with Crippen LogP contribution in [0.25, 0.3) is 0 Å². The Morgan fingerprint density at radius 2 is 2.37 bits per heavy atom. The van der Waals surface area contributed by atoms with E-state index in [0.29, 0.717) is 12.3 Å². The van der Waals surface area contributed by atoms with Gasteiger partial charge in [-0.2, -0.15) is 0 Å². The molecule has 1 N–H and O–H groups in total. The van der Waals surface area contributed by atoms with Gasteiger partial charge in [0.1, 0.15) is 11.4 Å². The highest BCUT2D eigenvalue weighted by Crippen LogP contribution is 2.19. The van der Waals surface area contributed by atoms with Crippen LogP contribution in [-0.4, -0.2) is 17.5 Å². The number of thiazole rings is 1. The lowest BCUT2D eigenvalue weighted by Gasteiger charge is -2.14. The molecule has 1 heterocycles. The second-order valence-electron chi connectivity index (χ2n) is 4.07. The molecule has 0 bridgehead atoms. The lowest BCUT2D eigenvalue weighted by atomic mass is 10.1. The average Bonchev–Trinajstić information content (AvgIpc) is 2.93. The first-order valence-corrected chi connectivity index (χ1v) is 7.06. The molecule has 0 aliphatic heterocycles. The van der Waals surface area contributed by atoms with E-state index >= 15 is 0 Å². The van der Waals surface area contributed by atoms with Crippen LogP contribution in [0, 0.1) is 0 Å². The lowest BCUT2D eigenvalue weighted by molar-refractivity contribution is 0.0935. The molecule has 0 aliphatic carbocycles. The van der Waals surface area contributed by atoms with Crippen molar-refractivity contribution in [3.8, 4) is 5.75 Å². The molecule has 0 saturated carbocycles. The topological polar surface area (TPSA) is 51.2 Å². The number of amides is 1. The predicted molar refractivity (Wildman–Crippen MR) is 75.6 cm³/mol. The Kier molecular flexibility index (Phi) is 4.52. The smallest absolute Gasteiger partial charge is 0.271 e. The highest BCUT2D eigenvalue weighted by Gasteiger charge is 2.13. The predicted octanol–water partition coefficient (Wildman–Crippen LogP) is 3.03. The summed E-state index contributed by atoms with van der Waals surface area (Å²) in [5.74, 6) is 0.658. The second kappa shape index (κ2) is 6.33. The lowest BCUT2D eigenvalue weighted by Crippen LogP contribution is -2.26. The molecule has 0 radical (unpaired) electrons. The summed E-state index contributed by atoms with van der Waals surface area (Å²) in [6.07, 6.45) is 0. The monoisotopic (exact) mass is 276 g/mol. The van der Waals surface area contributed by atoms with Crippen molar-refractivity contribution in [3.63, 3.8) is 0 Å². The van der Waals surface area contributed by atoms with Crippen LogP contribution in [0.4, 0.5) is 0 Å². The first-order chi connectivity index (χ1) is 9.20. The van der Waals surface area contributed by atoms with Crippen LogP contribution in [0.15, 0.2) is 35.2 Å². The Labute approximate surface area is 116 Å². The van der Waals surface area contributed by atoms with E-state index in [2.05, 4.69) is 10.3 Å². The SMILES string of the molecule is CCOc1cccc([C@@H](C)NC(=O)c2cscn2)c1. The van der Waals surface area contributed by atoms with Gasteiger partial charge in [-0.1, -0.05) is 12.1 Å². The van der Waals surface area contributed by atoms with Crippen LogP contribution in [0.1, 0.15) is 35.9 Å². The van der Waals surface area contributed by atoms with Crippen molar-refractivity contribution in [1.29, 1.82) is 0 Å². The van der Waals surface area contributed by atoms with Crippen LogP contribution < -0.4 is 10.1 Å². The van der Waals surface area contributed by atoms with Gasteiger partial charge in [-0.05, 0) is 31.5 Å². The average molecular weight is 276 g/mol. The van der Waals surface area contributed by atoms with Crippen molar-refractivity contribution < 1.29 is 9.53 Å². The molecule has 1 aromatic heterocycles. The Morgan fingerprint density at radius 1 is 1.53 bits per heavy atom. The summed E-state index contributed by atoms with van der Waals surface area (Å²) >= 11 is 1.41. The van der Waals surface area contributed by atoms with Gasteiger partial charge in [-0.25, -0.2) is 4.98 Å². The number of nitrogens with one attached hydrogen (secondary N) is 1. The number of nitrogens with zero attached hydrogens (tertiary/aromatic N) is 1. The van der Waals surface area contributed by atoms with Gasteiger partial charge in [0.15, 0.2) is 0 Å². The molecule has 0 fully saturated rings. The van der Waals surface area contributed by atoms with Gasteiger partial charge in [0.2, 0.25) is 0 Å². The molecular formula is C14H16N2O2S. The first kappa shape index (κ1) is 13.5. The Hall–Kier alpha value is -1.88. The van der Waals surface area contributed by atoms with Gasteiger partial charge in [0, 0.05) is 5.38 Å². The van der Waals surface area contributed by atoms with Crippen LogP contribution in [0.2, 0.25) is 0 Å². The fourth-order valence-corrected chi connectivity index (χ4v) is 2.25. The van der Waals surface area contributed by atoms with Gasteiger partial charge in [-0.15, -0.1) is 11.3 Å². The Morgan fingerprint density at radius 3 is 3.05 bits per heavy atom. The van der Waals surface area contributed by atoms with Gasteiger partial charge >= 0.3 is 0 Å². The van der Waals surface area contributed by atoms with Crippen molar-refractivity contribution in [3.05, 3.63) is 46.4 Å². The number of hydrogen-bond acceptors (Lipinski definition) is 4. The van der Waals surface area contributed by atoms with Gasteiger partial charge in [0.05, 0.1) is 18.2 Å². The maximum Gasteiger partial charge on any atom is 0.271 e.